The Labute approximate surface area is 125 Å². The lowest BCUT2D eigenvalue weighted by atomic mass is 10.1. The molecule has 1 aromatic carbocycles. The van der Waals surface area contributed by atoms with Gasteiger partial charge in [-0.1, -0.05) is 15.9 Å². The molecule has 0 amide bonds. The number of thiazole rings is 1. The van der Waals surface area contributed by atoms with Gasteiger partial charge >= 0.3 is 0 Å². The molecule has 2 rings (SSSR count). The first-order chi connectivity index (χ1) is 9.10. The number of aryl methyl sites for hydroxylation is 2. The molecule has 0 saturated heterocycles. The molecule has 0 saturated carbocycles. The average molecular weight is 341 g/mol. The lowest BCUT2D eigenvalue weighted by Gasteiger charge is -2.08. The number of nitrogens with zero attached hydrogens (tertiary/aromatic N) is 1. The van der Waals surface area contributed by atoms with E-state index in [-0.39, 0.29) is 0 Å². The van der Waals surface area contributed by atoms with E-state index in [1.165, 1.54) is 10.4 Å². The van der Waals surface area contributed by atoms with E-state index >= 15 is 0 Å². The van der Waals surface area contributed by atoms with Crippen LogP contribution in [0.3, 0.4) is 0 Å². The molecule has 0 atom stereocenters. The summed E-state index contributed by atoms with van der Waals surface area (Å²) in [6.45, 7) is 5.25. The van der Waals surface area contributed by atoms with Crippen molar-refractivity contribution in [2.75, 3.05) is 6.54 Å². The quantitative estimate of drug-likeness (QED) is 0.904. The van der Waals surface area contributed by atoms with Crippen LogP contribution < -0.4 is 10.5 Å². The summed E-state index contributed by atoms with van der Waals surface area (Å²) in [6, 6.07) is 5.99. The van der Waals surface area contributed by atoms with Crippen LogP contribution in [0.15, 0.2) is 22.7 Å². The molecule has 0 radical (unpaired) electrons. The molecule has 1 heterocycles. The van der Waals surface area contributed by atoms with Crippen LogP contribution >= 0.6 is 27.3 Å². The van der Waals surface area contributed by atoms with Crippen LogP contribution in [0.25, 0.3) is 0 Å². The van der Waals surface area contributed by atoms with Gasteiger partial charge in [0, 0.05) is 9.35 Å². The van der Waals surface area contributed by atoms with Crippen LogP contribution in [-0.2, 0) is 13.0 Å². The molecule has 0 spiro atoms. The highest BCUT2D eigenvalue weighted by Crippen LogP contribution is 2.24. The lowest BCUT2D eigenvalue weighted by Crippen LogP contribution is -2.04. The molecule has 2 N–H and O–H groups in total. The number of aromatic nitrogens is 1. The summed E-state index contributed by atoms with van der Waals surface area (Å²) < 4.78 is 6.86. The molecule has 0 aliphatic carbocycles. The van der Waals surface area contributed by atoms with Gasteiger partial charge in [0.05, 0.1) is 5.69 Å². The second kappa shape index (κ2) is 6.50. The molecular weight excluding hydrogens is 324 g/mol. The van der Waals surface area contributed by atoms with Crippen molar-refractivity contribution in [1.82, 2.24) is 4.98 Å². The summed E-state index contributed by atoms with van der Waals surface area (Å²) in [5.74, 6) is 0.858. The molecule has 0 fully saturated rings. The average Bonchev–Trinajstić information content (AvgIpc) is 2.70. The van der Waals surface area contributed by atoms with E-state index in [0.29, 0.717) is 13.2 Å². The molecule has 5 heteroatoms. The Morgan fingerprint density at radius 2 is 2.16 bits per heavy atom. The van der Waals surface area contributed by atoms with Crippen molar-refractivity contribution in [3.8, 4) is 5.75 Å². The Bertz CT molecular complexity index is 549. The Morgan fingerprint density at radius 3 is 2.79 bits per heavy atom. The monoisotopic (exact) mass is 340 g/mol. The Morgan fingerprint density at radius 1 is 1.37 bits per heavy atom. The fourth-order valence-electron chi connectivity index (χ4n) is 1.73. The number of hydrogen-bond acceptors (Lipinski definition) is 4. The first-order valence-electron chi connectivity index (χ1n) is 6.14. The first-order valence-corrected chi connectivity index (χ1v) is 7.75. The Balaban J connectivity index is 2.05. The minimum Gasteiger partial charge on any atom is -0.486 e. The van der Waals surface area contributed by atoms with Gasteiger partial charge in [0.25, 0.3) is 0 Å². The zero-order valence-corrected chi connectivity index (χ0v) is 13.5. The maximum atomic E-state index is 5.79. The topological polar surface area (TPSA) is 48.1 Å². The highest BCUT2D eigenvalue weighted by molar-refractivity contribution is 9.10. The molecule has 19 heavy (non-hydrogen) atoms. The van der Waals surface area contributed by atoms with Crippen molar-refractivity contribution in [1.29, 1.82) is 0 Å². The highest BCUT2D eigenvalue weighted by Gasteiger charge is 2.06. The summed E-state index contributed by atoms with van der Waals surface area (Å²) in [6.07, 6.45) is 0.841. The number of halogens is 1. The largest absolute Gasteiger partial charge is 0.486 e. The minimum atomic E-state index is 0.517. The first kappa shape index (κ1) is 14.5. The van der Waals surface area contributed by atoms with Gasteiger partial charge < -0.3 is 10.5 Å². The van der Waals surface area contributed by atoms with E-state index < -0.39 is 0 Å². The van der Waals surface area contributed by atoms with Crippen molar-refractivity contribution in [2.24, 2.45) is 5.73 Å². The van der Waals surface area contributed by atoms with Crippen LogP contribution in [-0.4, -0.2) is 11.5 Å². The molecular formula is C14H17BrN2OS. The smallest absolute Gasteiger partial charge is 0.140 e. The van der Waals surface area contributed by atoms with Gasteiger partial charge in [0.2, 0.25) is 0 Å². The van der Waals surface area contributed by atoms with Crippen molar-refractivity contribution in [3.63, 3.8) is 0 Å². The third kappa shape index (κ3) is 3.78. The van der Waals surface area contributed by atoms with Crippen LogP contribution in [0, 0.1) is 13.8 Å². The van der Waals surface area contributed by atoms with E-state index in [2.05, 4.69) is 27.8 Å². The highest BCUT2D eigenvalue weighted by atomic mass is 79.9. The maximum Gasteiger partial charge on any atom is 0.140 e. The Kier molecular flexibility index (Phi) is 4.96. The summed E-state index contributed by atoms with van der Waals surface area (Å²) in [7, 11) is 0. The van der Waals surface area contributed by atoms with E-state index in [0.717, 1.165) is 27.3 Å². The SMILES string of the molecule is Cc1nc(COc2ccc(Br)c(CCN)c2)sc1C. The van der Waals surface area contributed by atoms with Gasteiger partial charge in [-0.05, 0) is 50.6 Å². The molecule has 2 aromatic rings. The molecule has 102 valence electrons. The van der Waals surface area contributed by atoms with Gasteiger partial charge in [-0.25, -0.2) is 4.98 Å². The normalized spacial score (nSPS) is 10.7. The van der Waals surface area contributed by atoms with Gasteiger partial charge in [-0.15, -0.1) is 11.3 Å². The second-order valence-electron chi connectivity index (χ2n) is 4.33. The van der Waals surface area contributed by atoms with Crippen molar-refractivity contribution >= 4 is 27.3 Å². The number of hydrogen-bond donors (Lipinski definition) is 1. The summed E-state index contributed by atoms with van der Waals surface area (Å²) in [4.78, 5) is 5.71. The fourth-order valence-corrected chi connectivity index (χ4v) is 3.03. The van der Waals surface area contributed by atoms with Gasteiger partial charge in [-0.3, -0.25) is 0 Å². The van der Waals surface area contributed by atoms with Gasteiger partial charge in [0.1, 0.15) is 17.4 Å². The second-order valence-corrected chi connectivity index (χ2v) is 6.47. The van der Waals surface area contributed by atoms with E-state index in [1.807, 2.05) is 25.1 Å². The third-order valence-corrected chi connectivity index (χ3v) is 4.69. The third-order valence-electron chi connectivity index (χ3n) is 2.87. The standard InChI is InChI=1S/C14H17BrN2OS/c1-9-10(2)19-14(17-9)8-18-12-3-4-13(15)11(7-12)5-6-16/h3-4,7H,5-6,8,16H2,1-2H3. The minimum absolute atomic E-state index is 0.517. The summed E-state index contributed by atoms with van der Waals surface area (Å²) in [5.41, 5.74) is 7.85. The van der Waals surface area contributed by atoms with Crippen LogP contribution in [0.4, 0.5) is 0 Å². The van der Waals surface area contributed by atoms with Gasteiger partial charge in [0.15, 0.2) is 0 Å². The van der Waals surface area contributed by atoms with Crippen molar-refractivity contribution in [2.45, 2.75) is 26.9 Å². The predicted molar refractivity (Wildman–Crippen MR) is 82.8 cm³/mol. The van der Waals surface area contributed by atoms with Crippen LogP contribution in [0.2, 0.25) is 0 Å². The molecule has 0 unspecified atom stereocenters. The molecule has 0 aliphatic rings. The zero-order chi connectivity index (χ0) is 13.8. The van der Waals surface area contributed by atoms with E-state index in [9.17, 15) is 0 Å². The van der Waals surface area contributed by atoms with Crippen molar-refractivity contribution < 1.29 is 4.74 Å². The molecule has 1 aromatic heterocycles. The fraction of sp³-hybridized carbons (Fsp3) is 0.357. The van der Waals surface area contributed by atoms with Crippen LogP contribution in [0.5, 0.6) is 5.75 Å². The predicted octanol–water partition coefficient (Wildman–Crippen LogP) is 3.60. The van der Waals surface area contributed by atoms with E-state index in [4.69, 9.17) is 10.5 Å². The van der Waals surface area contributed by atoms with Crippen LogP contribution in [0.1, 0.15) is 21.1 Å². The number of benzene rings is 1. The van der Waals surface area contributed by atoms with Crippen molar-refractivity contribution in [3.05, 3.63) is 43.8 Å². The van der Waals surface area contributed by atoms with Gasteiger partial charge in [-0.2, -0.15) is 0 Å². The number of nitrogens with two attached hydrogens (primary N) is 1. The zero-order valence-electron chi connectivity index (χ0n) is 11.1. The maximum absolute atomic E-state index is 5.79. The molecule has 0 aliphatic heterocycles. The number of rotatable bonds is 5. The molecule has 3 nitrogen and oxygen atoms in total. The summed E-state index contributed by atoms with van der Waals surface area (Å²) >= 11 is 5.20. The lowest BCUT2D eigenvalue weighted by molar-refractivity contribution is 0.305. The van der Waals surface area contributed by atoms with E-state index in [1.54, 1.807) is 11.3 Å². The molecule has 0 bridgehead atoms. The Hall–Kier alpha value is -0.910. The summed E-state index contributed by atoms with van der Waals surface area (Å²) in [5, 5.41) is 1.01. The number of ether oxygens (including phenoxy) is 1.